The van der Waals surface area contributed by atoms with Crippen molar-refractivity contribution in [3.63, 3.8) is 0 Å². The monoisotopic (exact) mass is 332 g/mol. The number of rotatable bonds is 4. The predicted molar refractivity (Wildman–Crippen MR) is 91.2 cm³/mol. The molecule has 0 N–H and O–H groups in total. The number of aromatic nitrogens is 3. The highest BCUT2D eigenvalue weighted by atomic mass is 35.5. The van der Waals surface area contributed by atoms with E-state index in [0.717, 1.165) is 43.3 Å². The molecule has 1 aliphatic heterocycles. The Kier molecular flexibility index (Phi) is 4.96. The van der Waals surface area contributed by atoms with E-state index in [0.29, 0.717) is 23.3 Å². The van der Waals surface area contributed by atoms with Gasteiger partial charge in [0, 0.05) is 42.9 Å². The van der Waals surface area contributed by atoms with Crippen LogP contribution in [0.2, 0.25) is 5.02 Å². The first kappa shape index (κ1) is 16.0. The van der Waals surface area contributed by atoms with Gasteiger partial charge in [-0.1, -0.05) is 11.6 Å². The second-order valence-electron chi connectivity index (χ2n) is 6.00. The molecule has 122 valence electrons. The Morgan fingerprint density at radius 1 is 1.22 bits per heavy atom. The van der Waals surface area contributed by atoms with E-state index in [4.69, 9.17) is 16.3 Å². The SMILES string of the molecule is Cc1cc(C)nc(N2CCC(COc3ccncc3Cl)CC2)n1. The van der Waals surface area contributed by atoms with Gasteiger partial charge in [0.15, 0.2) is 0 Å². The van der Waals surface area contributed by atoms with E-state index in [1.54, 1.807) is 18.5 Å². The van der Waals surface area contributed by atoms with E-state index in [1.807, 2.05) is 19.9 Å². The van der Waals surface area contributed by atoms with E-state index >= 15 is 0 Å². The van der Waals surface area contributed by atoms with Gasteiger partial charge in [0.2, 0.25) is 5.95 Å². The Balaban J connectivity index is 1.53. The van der Waals surface area contributed by atoms with E-state index in [-0.39, 0.29) is 0 Å². The molecular formula is C17H21ClN4O. The van der Waals surface area contributed by atoms with Gasteiger partial charge in [0.05, 0.1) is 6.61 Å². The molecule has 0 spiro atoms. The molecule has 3 heterocycles. The van der Waals surface area contributed by atoms with Crippen molar-refractivity contribution < 1.29 is 4.74 Å². The molecule has 0 atom stereocenters. The molecule has 1 fully saturated rings. The van der Waals surface area contributed by atoms with E-state index in [9.17, 15) is 0 Å². The highest BCUT2D eigenvalue weighted by molar-refractivity contribution is 6.31. The summed E-state index contributed by atoms with van der Waals surface area (Å²) in [6.45, 7) is 6.63. The van der Waals surface area contributed by atoms with Crippen LogP contribution in [-0.2, 0) is 0 Å². The van der Waals surface area contributed by atoms with Crippen LogP contribution in [0.1, 0.15) is 24.2 Å². The lowest BCUT2D eigenvalue weighted by atomic mass is 9.98. The highest BCUT2D eigenvalue weighted by Gasteiger charge is 2.22. The van der Waals surface area contributed by atoms with Crippen molar-refractivity contribution in [2.75, 3.05) is 24.6 Å². The lowest BCUT2D eigenvalue weighted by Crippen LogP contribution is -2.36. The summed E-state index contributed by atoms with van der Waals surface area (Å²) in [7, 11) is 0. The second-order valence-corrected chi connectivity index (χ2v) is 6.41. The molecule has 0 saturated carbocycles. The van der Waals surface area contributed by atoms with Crippen LogP contribution in [0.4, 0.5) is 5.95 Å². The average molecular weight is 333 g/mol. The molecule has 23 heavy (non-hydrogen) atoms. The Labute approximate surface area is 141 Å². The minimum Gasteiger partial charge on any atom is -0.492 e. The smallest absolute Gasteiger partial charge is 0.225 e. The summed E-state index contributed by atoms with van der Waals surface area (Å²) in [6.07, 6.45) is 5.44. The third-order valence-corrected chi connectivity index (χ3v) is 4.36. The first-order chi connectivity index (χ1) is 11.1. The van der Waals surface area contributed by atoms with Gasteiger partial charge in [-0.3, -0.25) is 4.98 Å². The molecule has 3 rings (SSSR count). The first-order valence-electron chi connectivity index (χ1n) is 7.91. The fourth-order valence-corrected chi connectivity index (χ4v) is 3.01. The number of piperidine rings is 1. The molecule has 6 heteroatoms. The number of pyridine rings is 1. The zero-order valence-electron chi connectivity index (χ0n) is 13.5. The molecule has 1 saturated heterocycles. The summed E-state index contributed by atoms with van der Waals surface area (Å²) >= 11 is 6.06. The molecule has 0 unspecified atom stereocenters. The fourth-order valence-electron chi connectivity index (χ4n) is 2.84. The van der Waals surface area contributed by atoms with Crippen molar-refractivity contribution in [1.29, 1.82) is 0 Å². The quantitative estimate of drug-likeness (QED) is 0.858. The normalized spacial score (nSPS) is 15.7. The number of aryl methyl sites for hydroxylation is 2. The first-order valence-corrected chi connectivity index (χ1v) is 8.29. The molecule has 1 aliphatic rings. The van der Waals surface area contributed by atoms with Gasteiger partial charge >= 0.3 is 0 Å². The Bertz CT molecular complexity index is 651. The topological polar surface area (TPSA) is 51.1 Å². The molecule has 0 aromatic carbocycles. The van der Waals surface area contributed by atoms with Gasteiger partial charge in [-0.15, -0.1) is 0 Å². The number of ether oxygens (including phenoxy) is 1. The van der Waals surface area contributed by atoms with Crippen LogP contribution in [0.25, 0.3) is 0 Å². The summed E-state index contributed by atoms with van der Waals surface area (Å²) in [5.41, 5.74) is 2.04. The Morgan fingerprint density at radius 3 is 2.57 bits per heavy atom. The maximum absolute atomic E-state index is 6.06. The standard InChI is InChI=1S/C17H21ClN4O/c1-12-9-13(2)21-17(20-12)22-7-4-14(5-8-22)11-23-16-3-6-19-10-15(16)18/h3,6,9-10,14H,4-5,7-8,11H2,1-2H3. The lowest BCUT2D eigenvalue weighted by Gasteiger charge is -2.32. The van der Waals surface area contributed by atoms with Crippen molar-refractivity contribution >= 4 is 17.5 Å². The van der Waals surface area contributed by atoms with Crippen LogP contribution in [0.3, 0.4) is 0 Å². The van der Waals surface area contributed by atoms with Crippen LogP contribution in [0.5, 0.6) is 5.75 Å². The number of nitrogens with zero attached hydrogens (tertiary/aromatic N) is 4. The van der Waals surface area contributed by atoms with Crippen LogP contribution in [-0.4, -0.2) is 34.6 Å². The summed E-state index contributed by atoms with van der Waals surface area (Å²) in [5.74, 6) is 2.09. The summed E-state index contributed by atoms with van der Waals surface area (Å²) in [5, 5.41) is 0.563. The van der Waals surface area contributed by atoms with Crippen molar-refractivity contribution in [1.82, 2.24) is 15.0 Å². The highest BCUT2D eigenvalue weighted by Crippen LogP contribution is 2.25. The zero-order valence-corrected chi connectivity index (χ0v) is 14.3. The van der Waals surface area contributed by atoms with Gasteiger partial charge in [-0.2, -0.15) is 0 Å². The zero-order chi connectivity index (χ0) is 16.2. The van der Waals surface area contributed by atoms with E-state index < -0.39 is 0 Å². The number of hydrogen-bond acceptors (Lipinski definition) is 5. The van der Waals surface area contributed by atoms with Gasteiger partial charge in [0.25, 0.3) is 0 Å². The van der Waals surface area contributed by atoms with E-state index in [2.05, 4.69) is 19.9 Å². The van der Waals surface area contributed by atoms with Crippen molar-refractivity contribution in [3.05, 3.63) is 40.9 Å². The third kappa shape index (κ3) is 4.10. The molecule has 0 amide bonds. The van der Waals surface area contributed by atoms with Crippen molar-refractivity contribution in [2.45, 2.75) is 26.7 Å². The molecule has 2 aromatic rings. The van der Waals surface area contributed by atoms with Crippen molar-refractivity contribution in [3.8, 4) is 5.75 Å². The maximum Gasteiger partial charge on any atom is 0.225 e. The van der Waals surface area contributed by atoms with Crippen LogP contribution in [0, 0.1) is 19.8 Å². The molecular weight excluding hydrogens is 312 g/mol. The van der Waals surface area contributed by atoms with Gasteiger partial charge in [-0.05, 0) is 38.7 Å². The average Bonchev–Trinajstić information content (AvgIpc) is 2.54. The maximum atomic E-state index is 6.06. The summed E-state index contributed by atoms with van der Waals surface area (Å²) in [6, 6.07) is 3.81. The number of halogens is 1. The van der Waals surface area contributed by atoms with Gasteiger partial charge in [-0.25, -0.2) is 9.97 Å². The van der Waals surface area contributed by atoms with Gasteiger partial charge in [0.1, 0.15) is 10.8 Å². The minimum atomic E-state index is 0.529. The van der Waals surface area contributed by atoms with Crippen molar-refractivity contribution in [2.24, 2.45) is 5.92 Å². The van der Waals surface area contributed by atoms with Gasteiger partial charge < -0.3 is 9.64 Å². The summed E-state index contributed by atoms with van der Waals surface area (Å²) in [4.78, 5) is 15.3. The Morgan fingerprint density at radius 2 is 1.91 bits per heavy atom. The minimum absolute atomic E-state index is 0.529. The largest absolute Gasteiger partial charge is 0.492 e. The summed E-state index contributed by atoms with van der Waals surface area (Å²) < 4.78 is 5.83. The fraction of sp³-hybridized carbons (Fsp3) is 0.471. The number of hydrogen-bond donors (Lipinski definition) is 0. The molecule has 0 bridgehead atoms. The molecule has 2 aromatic heterocycles. The van der Waals surface area contributed by atoms with Crippen LogP contribution < -0.4 is 9.64 Å². The molecule has 5 nitrogen and oxygen atoms in total. The molecule has 0 radical (unpaired) electrons. The van der Waals surface area contributed by atoms with Crippen LogP contribution in [0.15, 0.2) is 24.5 Å². The van der Waals surface area contributed by atoms with E-state index in [1.165, 1.54) is 0 Å². The molecule has 0 aliphatic carbocycles. The van der Waals surface area contributed by atoms with Crippen LogP contribution >= 0.6 is 11.6 Å². The predicted octanol–water partition coefficient (Wildman–Crippen LogP) is 3.44. The Hall–Kier alpha value is -1.88. The second kappa shape index (κ2) is 7.13. The third-order valence-electron chi connectivity index (χ3n) is 4.08. The lowest BCUT2D eigenvalue weighted by molar-refractivity contribution is 0.222. The number of anilines is 1.